The van der Waals surface area contributed by atoms with E-state index in [4.69, 9.17) is 9.15 Å². The molecule has 0 aliphatic rings. The summed E-state index contributed by atoms with van der Waals surface area (Å²) < 4.78 is 23.0. The fraction of sp³-hybridized carbons (Fsp3) is 0.188. The molecule has 4 nitrogen and oxygen atoms in total. The number of hydrogen-bond donors (Lipinski definition) is 0. The van der Waals surface area contributed by atoms with Gasteiger partial charge < -0.3 is 9.15 Å². The highest BCUT2D eigenvalue weighted by Crippen LogP contribution is 2.25. The summed E-state index contributed by atoms with van der Waals surface area (Å²) in [4.78, 5) is 4.48. The van der Waals surface area contributed by atoms with Crippen molar-refractivity contribution in [3.8, 4) is 16.5 Å². The minimum Gasteiger partial charge on any atom is -0.496 e. The van der Waals surface area contributed by atoms with E-state index >= 15 is 0 Å². The number of hydrogen-bond acceptors (Lipinski definition) is 5. The minimum absolute atomic E-state index is 0.426. The van der Waals surface area contributed by atoms with E-state index in [-0.39, 0.29) is 0 Å². The molecular formula is C16H15NO3S2. The van der Waals surface area contributed by atoms with E-state index < -0.39 is 10.8 Å². The average Bonchev–Trinajstić information content (AvgIpc) is 3.18. The number of ether oxygens (including phenoxy) is 1. The van der Waals surface area contributed by atoms with Gasteiger partial charge in [0.05, 0.1) is 30.6 Å². The van der Waals surface area contributed by atoms with Gasteiger partial charge in [-0.25, -0.2) is 4.98 Å². The van der Waals surface area contributed by atoms with Crippen LogP contribution in [0.4, 0.5) is 0 Å². The van der Waals surface area contributed by atoms with Crippen molar-refractivity contribution >= 4 is 22.1 Å². The second-order valence-corrected chi connectivity index (χ2v) is 6.98. The molecule has 0 bridgehead atoms. The normalized spacial score (nSPS) is 12.2. The maximum atomic E-state index is 12.3. The van der Waals surface area contributed by atoms with Crippen LogP contribution in [0.1, 0.15) is 11.3 Å². The van der Waals surface area contributed by atoms with Crippen molar-refractivity contribution in [3.05, 3.63) is 59.3 Å². The van der Waals surface area contributed by atoms with Crippen LogP contribution in [0.5, 0.6) is 5.75 Å². The van der Waals surface area contributed by atoms with Crippen LogP contribution in [0.15, 0.2) is 52.5 Å². The highest BCUT2D eigenvalue weighted by Gasteiger charge is 2.12. The lowest BCUT2D eigenvalue weighted by molar-refractivity contribution is 0.411. The third-order valence-electron chi connectivity index (χ3n) is 3.10. The van der Waals surface area contributed by atoms with Gasteiger partial charge in [-0.3, -0.25) is 4.21 Å². The Morgan fingerprint density at radius 3 is 2.86 bits per heavy atom. The van der Waals surface area contributed by atoms with Gasteiger partial charge in [0.2, 0.25) is 0 Å². The number of benzene rings is 1. The number of para-hydroxylation sites is 1. The van der Waals surface area contributed by atoms with Crippen LogP contribution in [0.3, 0.4) is 0 Å². The Kier molecular flexibility index (Phi) is 4.70. The Morgan fingerprint density at radius 2 is 2.09 bits per heavy atom. The van der Waals surface area contributed by atoms with E-state index in [1.807, 2.05) is 41.8 Å². The first-order valence-electron chi connectivity index (χ1n) is 6.71. The monoisotopic (exact) mass is 333 g/mol. The number of thiazole rings is 1. The first-order valence-corrected chi connectivity index (χ1v) is 9.08. The maximum absolute atomic E-state index is 12.3. The number of rotatable bonds is 6. The zero-order valence-electron chi connectivity index (χ0n) is 12.0. The standard InChI is InChI=1S/C16H15NO3S2/c1-19-14-6-3-2-5-12(14)10-22(18)11-13-9-21-16(17-13)15-7-4-8-20-15/h2-9H,10-11H2,1H3/t22-/m1/s1. The average molecular weight is 333 g/mol. The predicted octanol–water partition coefficient (Wildman–Crippen LogP) is 3.86. The summed E-state index contributed by atoms with van der Waals surface area (Å²) in [6.07, 6.45) is 1.62. The number of nitrogens with zero attached hydrogens (tertiary/aromatic N) is 1. The molecule has 2 aromatic heterocycles. The second kappa shape index (κ2) is 6.89. The zero-order chi connectivity index (χ0) is 15.4. The van der Waals surface area contributed by atoms with Gasteiger partial charge in [0, 0.05) is 21.7 Å². The van der Waals surface area contributed by atoms with Gasteiger partial charge in [0.1, 0.15) is 5.75 Å². The summed E-state index contributed by atoms with van der Waals surface area (Å²) >= 11 is 1.50. The van der Waals surface area contributed by atoms with Crippen molar-refractivity contribution < 1.29 is 13.4 Å². The van der Waals surface area contributed by atoms with Gasteiger partial charge in [-0.15, -0.1) is 11.3 Å². The molecule has 0 saturated carbocycles. The van der Waals surface area contributed by atoms with Gasteiger partial charge in [0.25, 0.3) is 0 Å². The number of methoxy groups -OCH3 is 1. The highest BCUT2D eigenvalue weighted by atomic mass is 32.2. The third-order valence-corrected chi connectivity index (χ3v) is 5.26. The van der Waals surface area contributed by atoms with Gasteiger partial charge in [-0.2, -0.15) is 0 Å². The molecular weight excluding hydrogens is 318 g/mol. The van der Waals surface area contributed by atoms with E-state index in [9.17, 15) is 4.21 Å². The van der Waals surface area contributed by atoms with Crippen LogP contribution in [0.25, 0.3) is 10.8 Å². The Labute approximate surface area is 135 Å². The van der Waals surface area contributed by atoms with Crippen LogP contribution in [-0.2, 0) is 22.3 Å². The lowest BCUT2D eigenvalue weighted by Gasteiger charge is -2.07. The molecule has 0 aliphatic carbocycles. The smallest absolute Gasteiger partial charge is 0.162 e. The van der Waals surface area contributed by atoms with Crippen LogP contribution in [0.2, 0.25) is 0 Å². The van der Waals surface area contributed by atoms with E-state index in [1.165, 1.54) is 11.3 Å². The molecule has 3 rings (SSSR count). The lowest BCUT2D eigenvalue weighted by Crippen LogP contribution is -2.01. The summed E-state index contributed by atoms with van der Waals surface area (Å²) in [5.74, 6) is 2.39. The van der Waals surface area contributed by atoms with Gasteiger partial charge in [-0.1, -0.05) is 18.2 Å². The Balaban J connectivity index is 1.67. The van der Waals surface area contributed by atoms with Crippen LogP contribution in [-0.4, -0.2) is 16.3 Å². The molecule has 2 heterocycles. The topological polar surface area (TPSA) is 52.3 Å². The van der Waals surface area contributed by atoms with E-state index in [2.05, 4.69) is 4.98 Å². The molecule has 0 aliphatic heterocycles. The molecule has 0 radical (unpaired) electrons. The summed E-state index contributed by atoms with van der Waals surface area (Å²) in [6.45, 7) is 0. The quantitative estimate of drug-likeness (QED) is 0.687. The first kappa shape index (κ1) is 15.0. The largest absolute Gasteiger partial charge is 0.496 e. The van der Waals surface area contributed by atoms with Crippen molar-refractivity contribution in [1.29, 1.82) is 0 Å². The van der Waals surface area contributed by atoms with Gasteiger partial charge in [-0.05, 0) is 18.2 Å². The highest BCUT2D eigenvalue weighted by molar-refractivity contribution is 7.83. The molecule has 3 aromatic rings. The van der Waals surface area contributed by atoms with Crippen LogP contribution < -0.4 is 4.74 Å². The van der Waals surface area contributed by atoms with Gasteiger partial charge >= 0.3 is 0 Å². The molecule has 0 saturated heterocycles. The van der Waals surface area contributed by atoms with E-state index in [0.717, 1.165) is 27.8 Å². The van der Waals surface area contributed by atoms with Crippen molar-refractivity contribution in [2.45, 2.75) is 11.5 Å². The van der Waals surface area contributed by atoms with Crippen molar-refractivity contribution in [2.75, 3.05) is 7.11 Å². The molecule has 1 atom stereocenters. The first-order chi connectivity index (χ1) is 10.8. The van der Waals surface area contributed by atoms with E-state index in [0.29, 0.717) is 11.5 Å². The van der Waals surface area contributed by atoms with Crippen molar-refractivity contribution in [3.63, 3.8) is 0 Å². The summed E-state index contributed by atoms with van der Waals surface area (Å²) in [6, 6.07) is 11.3. The zero-order valence-corrected chi connectivity index (χ0v) is 13.7. The molecule has 0 unspecified atom stereocenters. The molecule has 114 valence electrons. The molecule has 0 fully saturated rings. The molecule has 0 spiro atoms. The fourth-order valence-corrected chi connectivity index (χ4v) is 4.15. The van der Waals surface area contributed by atoms with Crippen molar-refractivity contribution in [2.24, 2.45) is 0 Å². The Hall–Kier alpha value is -1.92. The lowest BCUT2D eigenvalue weighted by atomic mass is 10.2. The maximum Gasteiger partial charge on any atom is 0.162 e. The van der Waals surface area contributed by atoms with E-state index in [1.54, 1.807) is 13.4 Å². The molecule has 1 aromatic carbocycles. The number of aromatic nitrogens is 1. The van der Waals surface area contributed by atoms with Crippen LogP contribution in [0, 0.1) is 0 Å². The Morgan fingerprint density at radius 1 is 1.23 bits per heavy atom. The second-order valence-electron chi connectivity index (χ2n) is 4.66. The molecule has 22 heavy (non-hydrogen) atoms. The minimum atomic E-state index is -1.03. The Bertz CT molecular complexity index is 765. The summed E-state index contributed by atoms with van der Waals surface area (Å²) in [7, 11) is 0.589. The van der Waals surface area contributed by atoms with Crippen molar-refractivity contribution in [1.82, 2.24) is 4.98 Å². The SMILES string of the molecule is COc1ccccc1C[S@@](=O)Cc1csc(-c2ccco2)n1. The number of furan rings is 1. The fourth-order valence-electron chi connectivity index (χ4n) is 2.10. The van der Waals surface area contributed by atoms with Crippen LogP contribution >= 0.6 is 11.3 Å². The van der Waals surface area contributed by atoms with Gasteiger partial charge in [0.15, 0.2) is 10.8 Å². The predicted molar refractivity (Wildman–Crippen MR) is 88.4 cm³/mol. The molecule has 0 N–H and O–H groups in total. The summed E-state index contributed by atoms with van der Waals surface area (Å²) in [5.41, 5.74) is 1.77. The third kappa shape index (κ3) is 3.45. The molecule has 0 amide bonds. The molecule has 6 heteroatoms. The summed E-state index contributed by atoms with van der Waals surface area (Å²) in [5, 5.41) is 2.74.